The third-order valence-electron chi connectivity index (χ3n) is 6.08. The highest BCUT2D eigenvalue weighted by Crippen LogP contribution is 2.39. The largest absolute Gasteiger partial charge is 0.362 e. The van der Waals surface area contributed by atoms with Crippen LogP contribution in [-0.2, 0) is 11.2 Å². The van der Waals surface area contributed by atoms with Crippen LogP contribution in [-0.4, -0.2) is 24.2 Å². The Kier molecular flexibility index (Phi) is 6.13. The van der Waals surface area contributed by atoms with Crippen LogP contribution in [0.2, 0.25) is 0 Å². The molecule has 0 unspecified atom stereocenters. The lowest BCUT2D eigenvalue weighted by atomic mass is 9.88. The molecule has 4 heteroatoms. The number of benzene rings is 3. The van der Waals surface area contributed by atoms with Gasteiger partial charge in [0, 0.05) is 17.8 Å². The van der Waals surface area contributed by atoms with Gasteiger partial charge in [-0.05, 0) is 66.8 Å². The summed E-state index contributed by atoms with van der Waals surface area (Å²) in [6.07, 6.45) is 5.45. The molecule has 0 saturated carbocycles. The van der Waals surface area contributed by atoms with Gasteiger partial charge in [0.05, 0.1) is 18.2 Å². The van der Waals surface area contributed by atoms with Crippen molar-refractivity contribution in [2.45, 2.75) is 46.1 Å². The number of rotatable bonds is 6. The molecule has 164 valence electrons. The van der Waals surface area contributed by atoms with Crippen LogP contribution in [0.3, 0.4) is 0 Å². The van der Waals surface area contributed by atoms with Gasteiger partial charge < -0.3 is 4.90 Å². The number of amides is 1. The van der Waals surface area contributed by atoms with Crippen molar-refractivity contribution >= 4 is 34.2 Å². The fourth-order valence-corrected chi connectivity index (χ4v) is 4.65. The van der Waals surface area contributed by atoms with Crippen molar-refractivity contribution in [3.63, 3.8) is 0 Å². The van der Waals surface area contributed by atoms with E-state index in [4.69, 9.17) is 0 Å². The Balaban J connectivity index is 1.47. The Hall–Kier alpha value is -3.40. The van der Waals surface area contributed by atoms with Crippen molar-refractivity contribution in [2.24, 2.45) is 5.10 Å². The van der Waals surface area contributed by atoms with Crippen LogP contribution in [0.5, 0.6) is 0 Å². The zero-order chi connectivity index (χ0) is 22.7. The Labute approximate surface area is 190 Å². The second-order valence-electron chi connectivity index (χ2n) is 9.02. The van der Waals surface area contributed by atoms with Crippen LogP contribution in [0.15, 0.2) is 71.8 Å². The molecule has 0 atom stereocenters. The number of hydrazone groups is 1. The van der Waals surface area contributed by atoms with Crippen molar-refractivity contribution in [3.8, 4) is 0 Å². The van der Waals surface area contributed by atoms with Gasteiger partial charge in [-0.2, -0.15) is 5.10 Å². The molecule has 1 amide bonds. The molecule has 3 aromatic rings. The predicted octanol–water partition coefficient (Wildman–Crippen LogP) is 5.94. The standard InChI is InChI=1S/C28H31N3O/c1-5-15-31-26-14-13-21(16-25(26)20(2)18-28(31,3)4)19-29-30-27(32)17-23-11-8-10-22-9-6-7-12-24(22)23/h6-14,16,18-19H,5,15,17H2,1-4H3,(H,30,32)/b29-19-. The molecule has 0 fully saturated rings. The van der Waals surface area contributed by atoms with Gasteiger partial charge in [0.1, 0.15) is 0 Å². The fraction of sp³-hybridized carbons (Fsp3) is 0.286. The van der Waals surface area contributed by atoms with E-state index in [0.717, 1.165) is 34.9 Å². The summed E-state index contributed by atoms with van der Waals surface area (Å²) in [7, 11) is 0. The topological polar surface area (TPSA) is 44.7 Å². The van der Waals surface area contributed by atoms with Crippen molar-refractivity contribution in [2.75, 3.05) is 11.4 Å². The summed E-state index contributed by atoms with van der Waals surface area (Å²) >= 11 is 0. The minimum absolute atomic E-state index is 0.00170. The van der Waals surface area contributed by atoms with Gasteiger partial charge in [0.15, 0.2) is 0 Å². The molecule has 1 aliphatic heterocycles. The molecule has 0 spiro atoms. The molecule has 1 N–H and O–H groups in total. The third-order valence-corrected chi connectivity index (χ3v) is 6.08. The average Bonchev–Trinajstić information content (AvgIpc) is 2.77. The number of anilines is 1. The molecule has 0 radical (unpaired) electrons. The van der Waals surface area contributed by atoms with Gasteiger partial charge in [-0.25, -0.2) is 5.43 Å². The second-order valence-corrected chi connectivity index (χ2v) is 9.02. The van der Waals surface area contributed by atoms with Gasteiger partial charge in [-0.3, -0.25) is 4.79 Å². The molecule has 4 rings (SSSR count). The first-order valence-electron chi connectivity index (χ1n) is 11.3. The SMILES string of the molecule is CCCN1c2ccc(/C=N\NC(=O)Cc3cccc4ccccc34)cc2C(C)=CC1(C)C. The summed E-state index contributed by atoms with van der Waals surface area (Å²) < 4.78 is 0. The maximum atomic E-state index is 12.5. The highest BCUT2D eigenvalue weighted by Gasteiger charge is 2.30. The highest BCUT2D eigenvalue weighted by molar-refractivity contribution is 5.91. The van der Waals surface area contributed by atoms with E-state index in [1.165, 1.54) is 16.8 Å². The quantitative estimate of drug-likeness (QED) is 0.392. The lowest BCUT2D eigenvalue weighted by Gasteiger charge is -2.43. The van der Waals surface area contributed by atoms with Crippen LogP contribution in [0, 0.1) is 0 Å². The van der Waals surface area contributed by atoms with E-state index >= 15 is 0 Å². The van der Waals surface area contributed by atoms with E-state index in [-0.39, 0.29) is 11.4 Å². The number of nitrogens with one attached hydrogen (secondary N) is 1. The molecule has 4 nitrogen and oxygen atoms in total. The van der Waals surface area contributed by atoms with E-state index in [1.54, 1.807) is 6.21 Å². The Morgan fingerprint density at radius 1 is 1.09 bits per heavy atom. The van der Waals surface area contributed by atoms with Crippen LogP contribution >= 0.6 is 0 Å². The van der Waals surface area contributed by atoms with E-state index in [9.17, 15) is 4.79 Å². The molecule has 32 heavy (non-hydrogen) atoms. The monoisotopic (exact) mass is 425 g/mol. The number of nitrogens with zero attached hydrogens (tertiary/aromatic N) is 2. The van der Waals surface area contributed by atoms with Gasteiger partial charge in [0.25, 0.3) is 0 Å². The Morgan fingerprint density at radius 3 is 2.69 bits per heavy atom. The van der Waals surface area contributed by atoms with Crippen molar-refractivity contribution in [3.05, 3.63) is 83.4 Å². The van der Waals surface area contributed by atoms with Crippen LogP contribution in [0.1, 0.15) is 50.8 Å². The van der Waals surface area contributed by atoms with E-state index in [1.807, 2.05) is 30.3 Å². The van der Waals surface area contributed by atoms with Crippen molar-refractivity contribution < 1.29 is 4.79 Å². The zero-order valence-corrected chi connectivity index (χ0v) is 19.4. The molecule has 0 aliphatic carbocycles. The highest BCUT2D eigenvalue weighted by atomic mass is 16.2. The predicted molar refractivity (Wildman–Crippen MR) is 135 cm³/mol. The van der Waals surface area contributed by atoms with Crippen LogP contribution in [0.25, 0.3) is 16.3 Å². The summed E-state index contributed by atoms with van der Waals surface area (Å²) in [6.45, 7) is 9.91. The smallest absolute Gasteiger partial charge is 0.244 e. The number of carbonyl (C=O) groups excluding carboxylic acids is 1. The van der Waals surface area contributed by atoms with Crippen molar-refractivity contribution in [1.29, 1.82) is 0 Å². The van der Waals surface area contributed by atoms with Crippen LogP contribution < -0.4 is 10.3 Å². The summed E-state index contributed by atoms with van der Waals surface area (Å²) in [4.78, 5) is 14.9. The maximum Gasteiger partial charge on any atom is 0.244 e. The maximum absolute atomic E-state index is 12.5. The lowest BCUT2D eigenvalue weighted by molar-refractivity contribution is -0.120. The van der Waals surface area contributed by atoms with Gasteiger partial charge in [0.2, 0.25) is 5.91 Å². The average molecular weight is 426 g/mol. The molecule has 0 saturated heterocycles. The molecule has 1 heterocycles. The Bertz CT molecular complexity index is 1200. The first kappa shape index (κ1) is 21.8. The second kappa shape index (κ2) is 8.99. The van der Waals surface area contributed by atoms with E-state index in [0.29, 0.717) is 6.42 Å². The number of allylic oxidation sites excluding steroid dienone is 1. The minimum Gasteiger partial charge on any atom is -0.362 e. The van der Waals surface area contributed by atoms with Gasteiger partial charge >= 0.3 is 0 Å². The first-order valence-corrected chi connectivity index (χ1v) is 11.3. The summed E-state index contributed by atoms with van der Waals surface area (Å²) in [5, 5.41) is 6.46. The number of hydrogen-bond donors (Lipinski definition) is 1. The summed E-state index contributed by atoms with van der Waals surface area (Å²) in [5.41, 5.74) is 8.41. The van der Waals surface area contributed by atoms with Crippen molar-refractivity contribution in [1.82, 2.24) is 5.43 Å². The van der Waals surface area contributed by atoms with E-state index in [2.05, 4.69) is 79.5 Å². The summed E-state index contributed by atoms with van der Waals surface area (Å²) in [6, 6.07) is 20.5. The molecular weight excluding hydrogens is 394 g/mol. The molecule has 1 aliphatic rings. The van der Waals surface area contributed by atoms with Gasteiger partial charge in [-0.1, -0.05) is 61.5 Å². The lowest BCUT2D eigenvalue weighted by Crippen LogP contribution is -2.45. The molecular formula is C28H31N3O. The van der Waals surface area contributed by atoms with E-state index < -0.39 is 0 Å². The fourth-order valence-electron chi connectivity index (χ4n) is 4.65. The Morgan fingerprint density at radius 2 is 1.88 bits per heavy atom. The molecule has 0 aromatic heterocycles. The van der Waals surface area contributed by atoms with Crippen LogP contribution in [0.4, 0.5) is 5.69 Å². The molecule has 0 bridgehead atoms. The number of carbonyl (C=O) groups is 1. The summed E-state index contributed by atoms with van der Waals surface area (Å²) in [5.74, 6) is -0.123. The minimum atomic E-state index is -0.123. The number of hydrogen-bond acceptors (Lipinski definition) is 3. The zero-order valence-electron chi connectivity index (χ0n) is 19.4. The third kappa shape index (κ3) is 4.45. The normalized spacial score (nSPS) is 15.0. The first-order chi connectivity index (χ1) is 15.4. The number of fused-ring (bicyclic) bond motifs is 2. The van der Waals surface area contributed by atoms with Gasteiger partial charge in [-0.15, -0.1) is 0 Å². The molecule has 3 aromatic carbocycles.